The highest BCUT2D eigenvalue weighted by molar-refractivity contribution is 6.35. The molecule has 0 spiro atoms. The number of hydrogen-bond acceptors (Lipinski definition) is 5. The van der Waals surface area contributed by atoms with Crippen molar-refractivity contribution < 1.29 is 19.0 Å². The number of nitrogens with zero attached hydrogens (tertiary/aromatic N) is 1. The van der Waals surface area contributed by atoms with Gasteiger partial charge in [0.25, 0.3) is 0 Å². The first-order chi connectivity index (χ1) is 11.4. The Hall–Kier alpha value is -1.98. The lowest BCUT2D eigenvalue weighted by molar-refractivity contribution is -0.150. The molecule has 0 aliphatic rings. The van der Waals surface area contributed by atoms with E-state index in [1.807, 2.05) is 0 Å². The van der Waals surface area contributed by atoms with Crippen molar-refractivity contribution in [1.29, 1.82) is 0 Å². The fourth-order valence-electron chi connectivity index (χ4n) is 1.82. The number of rotatable bonds is 6. The molecule has 0 saturated carbocycles. The van der Waals surface area contributed by atoms with Crippen LogP contribution in [0.3, 0.4) is 0 Å². The second-order valence-electron chi connectivity index (χ2n) is 4.93. The molecule has 0 N–H and O–H groups in total. The van der Waals surface area contributed by atoms with Gasteiger partial charge >= 0.3 is 5.97 Å². The third-order valence-electron chi connectivity index (χ3n) is 3.04. The molecule has 0 aliphatic heterocycles. The van der Waals surface area contributed by atoms with E-state index in [0.717, 1.165) is 0 Å². The molecule has 0 amide bonds. The molecule has 128 valence electrons. The molecule has 1 aromatic carbocycles. The number of benzene rings is 1. The summed E-state index contributed by atoms with van der Waals surface area (Å²) in [6.07, 6.45) is -0.688. The molecule has 1 atom stereocenters. The van der Waals surface area contributed by atoms with Gasteiger partial charge in [0.05, 0.1) is 17.3 Å². The van der Waals surface area contributed by atoms with Crippen LogP contribution in [-0.2, 0) is 9.53 Å². The molecule has 1 aromatic heterocycles. The van der Waals surface area contributed by atoms with Crippen LogP contribution < -0.4 is 9.47 Å². The van der Waals surface area contributed by atoms with Gasteiger partial charge in [0.15, 0.2) is 6.10 Å². The average Bonchev–Trinajstić information content (AvgIpc) is 2.54. The predicted molar refractivity (Wildman–Crippen MR) is 92.2 cm³/mol. The van der Waals surface area contributed by atoms with Gasteiger partial charge in [-0.25, -0.2) is 9.78 Å². The number of aryl methyl sites for hydroxylation is 1. The average molecular weight is 370 g/mol. The Kier molecular flexibility index (Phi) is 6.29. The summed E-state index contributed by atoms with van der Waals surface area (Å²) in [7, 11) is 0. The summed E-state index contributed by atoms with van der Waals surface area (Å²) < 4.78 is 16.0. The predicted octanol–water partition coefficient (Wildman–Crippen LogP) is 4.82. The van der Waals surface area contributed by atoms with Gasteiger partial charge < -0.3 is 14.2 Å². The van der Waals surface area contributed by atoms with Crippen molar-refractivity contribution in [2.45, 2.75) is 26.9 Å². The number of halogens is 2. The minimum Gasteiger partial charge on any atom is -0.479 e. The summed E-state index contributed by atoms with van der Waals surface area (Å²) in [5, 5.41) is 0.797. The Morgan fingerprint density at radius 3 is 2.42 bits per heavy atom. The van der Waals surface area contributed by atoms with Gasteiger partial charge in [-0.3, -0.25) is 0 Å². The van der Waals surface area contributed by atoms with E-state index in [9.17, 15) is 4.79 Å². The fourth-order valence-corrected chi connectivity index (χ4v) is 2.22. The van der Waals surface area contributed by atoms with Crippen LogP contribution in [0.2, 0.25) is 10.0 Å². The molecule has 2 rings (SSSR count). The summed E-state index contributed by atoms with van der Waals surface area (Å²) in [4.78, 5) is 15.8. The van der Waals surface area contributed by atoms with E-state index in [1.165, 1.54) is 0 Å². The molecule has 0 fully saturated rings. The summed E-state index contributed by atoms with van der Waals surface area (Å²) in [6, 6.07) is 8.33. The molecule has 5 nitrogen and oxygen atoms in total. The maximum Gasteiger partial charge on any atom is 0.347 e. The van der Waals surface area contributed by atoms with Gasteiger partial charge in [-0.15, -0.1) is 0 Å². The smallest absolute Gasteiger partial charge is 0.347 e. The summed E-state index contributed by atoms with van der Waals surface area (Å²) >= 11 is 12.0. The van der Waals surface area contributed by atoms with Crippen molar-refractivity contribution in [2.24, 2.45) is 0 Å². The van der Waals surface area contributed by atoms with Gasteiger partial charge in [0.1, 0.15) is 16.5 Å². The van der Waals surface area contributed by atoms with Crippen LogP contribution in [0.15, 0.2) is 30.3 Å². The van der Waals surface area contributed by atoms with Crippen LogP contribution in [0, 0.1) is 6.92 Å². The third kappa shape index (κ3) is 4.76. The minimum absolute atomic E-state index is 0.270. The van der Waals surface area contributed by atoms with Crippen LogP contribution in [0.25, 0.3) is 0 Å². The molecule has 0 saturated heterocycles. The molecule has 1 unspecified atom stereocenters. The van der Waals surface area contributed by atoms with Crippen molar-refractivity contribution in [3.63, 3.8) is 0 Å². The Balaban J connectivity index is 2.05. The number of pyridine rings is 1. The normalized spacial score (nSPS) is 11.7. The van der Waals surface area contributed by atoms with Crippen molar-refractivity contribution in [1.82, 2.24) is 4.98 Å². The lowest BCUT2D eigenvalue weighted by atomic mass is 10.3. The number of carbonyl (C=O) groups excluding carboxylic acids is 1. The van der Waals surface area contributed by atoms with Gasteiger partial charge in [0.2, 0.25) is 5.88 Å². The minimum atomic E-state index is -0.688. The van der Waals surface area contributed by atoms with Crippen LogP contribution >= 0.6 is 23.2 Å². The first kappa shape index (κ1) is 18.4. The van der Waals surface area contributed by atoms with Crippen LogP contribution in [0.5, 0.6) is 17.4 Å². The molecule has 24 heavy (non-hydrogen) atoms. The Labute approximate surface area is 150 Å². The van der Waals surface area contributed by atoms with Crippen molar-refractivity contribution in [3.05, 3.63) is 46.1 Å². The Morgan fingerprint density at radius 2 is 1.79 bits per heavy atom. The zero-order valence-electron chi connectivity index (χ0n) is 13.5. The number of hydrogen-bond donors (Lipinski definition) is 0. The summed E-state index contributed by atoms with van der Waals surface area (Å²) in [5.41, 5.74) is 0.624. The maximum absolute atomic E-state index is 11.5. The van der Waals surface area contributed by atoms with E-state index < -0.39 is 12.1 Å². The van der Waals surface area contributed by atoms with Gasteiger partial charge in [-0.2, -0.15) is 0 Å². The number of ether oxygens (including phenoxy) is 3. The van der Waals surface area contributed by atoms with Crippen LogP contribution in [-0.4, -0.2) is 23.7 Å². The molecule has 1 heterocycles. The summed E-state index contributed by atoms with van der Waals surface area (Å²) in [6.45, 7) is 5.45. The Morgan fingerprint density at radius 1 is 1.17 bits per heavy atom. The molecular weight excluding hydrogens is 353 g/mol. The zero-order valence-corrected chi connectivity index (χ0v) is 15.0. The first-order valence-corrected chi connectivity index (χ1v) is 8.10. The number of aromatic nitrogens is 1. The van der Waals surface area contributed by atoms with Gasteiger partial charge in [0, 0.05) is 0 Å². The van der Waals surface area contributed by atoms with E-state index in [4.69, 9.17) is 37.4 Å². The molecule has 0 aliphatic carbocycles. The first-order valence-electron chi connectivity index (χ1n) is 7.34. The lowest BCUT2D eigenvalue weighted by Crippen LogP contribution is -2.25. The number of esters is 1. The standard InChI is InChI=1S/C17H17Cl2NO4/c1-4-22-17(21)11(3)23-12-5-7-13(8-6-12)24-16-15(19)9-14(18)10(2)20-16/h5-9,11H,4H2,1-3H3. The van der Waals surface area contributed by atoms with E-state index in [1.54, 1.807) is 51.1 Å². The van der Waals surface area contributed by atoms with Crippen LogP contribution in [0.1, 0.15) is 19.5 Å². The van der Waals surface area contributed by atoms with Gasteiger partial charge in [-0.1, -0.05) is 23.2 Å². The molecule has 0 radical (unpaired) electrons. The van der Waals surface area contributed by atoms with E-state index in [0.29, 0.717) is 33.8 Å². The highest BCUT2D eigenvalue weighted by Crippen LogP contribution is 2.31. The Bertz CT molecular complexity index is 719. The second kappa shape index (κ2) is 8.22. The topological polar surface area (TPSA) is 57.7 Å². The lowest BCUT2D eigenvalue weighted by Gasteiger charge is -2.14. The van der Waals surface area contributed by atoms with E-state index >= 15 is 0 Å². The second-order valence-corrected chi connectivity index (χ2v) is 5.74. The van der Waals surface area contributed by atoms with Crippen LogP contribution in [0.4, 0.5) is 0 Å². The fraction of sp³-hybridized carbons (Fsp3) is 0.294. The van der Waals surface area contributed by atoms with Gasteiger partial charge in [-0.05, 0) is 51.1 Å². The zero-order chi connectivity index (χ0) is 17.7. The van der Waals surface area contributed by atoms with E-state index in [2.05, 4.69) is 4.98 Å². The quantitative estimate of drug-likeness (QED) is 0.683. The van der Waals surface area contributed by atoms with Crippen molar-refractivity contribution in [3.8, 4) is 17.4 Å². The SMILES string of the molecule is CCOC(=O)C(C)Oc1ccc(Oc2nc(C)c(Cl)cc2Cl)cc1. The van der Waals surface area contributed by atoms with Crippen molar-refractivity contribution in [2.75, 3.05) is 6.61 Å². The monoisotopic (exact) mass is 369 g/mol. The molecule has 0 bridgehead atoms. The molecule has 2 aromatic rings. The van der Waals surface area contributed by atoms with E-state index in [-0.39, 0.29) is 5.88 Å². The van der Waals surface area contributed by atoms with Crippen molar-refractivity contribution >= 4 is 29.2 Å². The summed E-state index contributed by atoms with van der Waals surface area (Å²) in [5.74, 6) is 0.911. The maximum atomic E-state index is 11.5. The molecular formula is C17H17Cl2NO4. The third-order valence-corrected chi connectivity index (χ3v) is 3.70. The highest BCUT2D eigenvalue weighted by atomic mass is 35.5. The molecule has 7 heteroatoms. The number of carbonyl (C=O) groups is 1. The highest BCUT2D eigenvalue weighted by Gasteiger charge is 2.15. The largest absolute Gasteiger partial charge is 0.479 e.